The van der Waals surface area contributed by atoms with Crippen molar-refractivity contribution in [3.63, 3.8) is 0 Å². The Bertz CT molecular complexity index is 650. The zero-order chi connectivity index (χ0) is 14.6. The highest BCUT2D eigenvalue weighted by molar-refractivity contribution is 7.89. The summed E-state index contributed by atoms with van der Waals surface area (Å²) in [6, 6.07) is 16.8. The SMILES string of the molecule is CN(C)S(=O)(=O)c1ccc(NCc2ccccc2)cc1. The van der Waals surface area contributed by atoms with Gasteiger partial charge in [0.1, 0.15) is 0 Å². The van der Waals surface area contributed by atoms with Gasteiger partial charge >= 0.3 is 0 Å². The van der Waals surface area contributed by atoms with Crippen LogP contribution in [0.2, 0.25) is 0 Å². The zero-order valence-corrected chi connectivity index (χ0v) is 12.4. The van der Waals surface area contributed by atoms with Crippen molar-refractivity contribution in [2.75, 3.05) is 19.4 Å². The highest BCUT2D eigenvalue weighted by Crippen LogP contribution is 2.17. The number of rotatable bonds is 5. The molecule has 2 aromatic rings. The van der Waals surface area contributed by atoms with E-state index >= 15 is 0 Å². The monoisotopic (exact) mass is 290 g/mol. The number of nitrogens with one attached hydrogen (secondary N) is 1. The average Bonchev–Trinajstić information content (AvgIpc) is 2.46. The Balaban J connectivity index is 2.06. The number of nitrogens with zero attached hydrogens (tertiary/aromatic N) is 1. The number of hydrogen-bond acceptors (Lipinski definition) is 3. The molecule has 2 aromatic carbocycles. The summed E-state index contributed by atoms with van der Waals surface area (Å²) in [5.74, 6) is 0. The lowest BCUT2D eigenvalue weighted by Crippen LogP contribution is -2.22. The lowest BCUT2D eigenvalue weighted by molar-refractivity contribution is 0.521. The van der Waals surface area contributed by atoms with E-state index in [0.717, 1.165) is 5.69 Å². The van der Waals surface area contributed by atoms with Crippen LogP contribution in [0.1, 0.15) is 5.56 Å². The maximum Gasteiger partial charge on any atom is 0.242 e. The van der Waals surface area contributed by atoms with Gasteiger partial charge in [0.15, 0.2) is 0 Å². The summed E-state index contributed by atoms with van der Waals surface area (Å²) in [6.07, 6.45) is 0. The second-order valence-electron chi connectivity index (χ2n) is 4.65. The summed E-state index contributed by atoms with van der Waals surface area (Å²) >= 11 is 0. The minimum absolute atomic E-state index is 0.299. The van der Waals surface area contributed by atoms with E-state index in [2.05, 4.69) is 5.32 Å². The first kappa shape index (κ1) is 14.6. The Morgan fingerprint density at radius 2 is 1.55 bits per heavy atom. The maximum absolute atomic E-state index is 11.9. The molecule has 106 valence electrons. The summed E-state index contributed by atoms with van der Waals surface area (Å²) in [4.78, 5) is 0.299. The Morgan fingerprint density at radius 1 is 0.950 bits per heavy atom. The Kier molecular flexibility index (Phi) is 4.42. The largest absolute Gasteiger partial charge is 0.381 e. The molecule has 0 aliphatic rings. The van der Waals surface area contributed by atoms with Gasteiger partial charge in [-0.2, -0.15) is 0 Å². The standard InChI is InChI=1S/C15H18N2O2S/c1-17(2)20(18,19)15-10-8-14(9-11-15)16-12-13-6-4-3-5-7-13/h3-11,16H,12H2,1-2H3. The molecule has 1 N–H and O–H groups in total. The van der Waals surface area contributed by atoms with Gasteiger partial charge < -0.3 is 5.32 Å². The second-order valence-corrected chi connectivity index (χ2v) is 6.80. The van der Waals surface area contributed by atoms with Crippen molar-refractivity contribution in [3.8, 4) is 0 Å². The van der Waals surface area contributed by atoms with Gasteiger partial charge in [0.25, 0.3) is 0 Å². The summed E-state index contributed by atoms with van der Waals surface area (Å²) in [5.41, 5.74) is 2.07. The molecule has 4 nitrogen and oxygen atoms in total. The van der Waals surface area contributed by atoms with Crippen LogP contribution in [0, 0.1) is 0 Å². The first-order valence-corrected chi connectivity index (χ1v) is 7.74. The minimum Gasteiger partial charge on any atom is -0.381 e. The number of hydrogen-bond donors (Lipinski definition) is 1. The molecule has 0 radical (unpaired) electrons. The molecule has 0 aliphatic heterocycles. The molecule has 0 aromatic heterocycles. The predicted molar refractivity (Wildman–Crippen MR) is 81.1 cm³/mol. The van der Waals surface area contributed by atoms with E-state index in [4.69, 9.17) is 0 Å². The van der Waals surface area contributed by atoms with Crippen molar-refractivity contribution < 1.29 is 8.42 Å². The number of anilines is 1. The van der Waals surface area contributed by atoms with Gasteiger partial charge in [0, 0.05) is 26.3 Å². The molecule has 0 saturated carbocycles. The molecule has 5 heteroatoms. The van der Waals surface area contributed by atoms with Crippen LogP contribution in [0.25, 0.3) is 0 Å². The van der Waals surface area contributed by atoms with Gasteiger partial charge in [-0.1, -0.05) is 30.3 Å². The molecule has 0 unspecified atom stereocenters. The Hall–Kier alpha value is -1.85. The zero-order valence-electron chi connectivity index (χ0n) is 11.6. The van der Waals surface area contributed by atoms with E-state index in [1.54, 1.807) is 24.3 Å². The first-order valence-electron chi connectivity index (χ1n) is 6.30. The summed E-state index contributed by atoms with van der Waals surface area (Å²) in [5, 5.41) is 3.26. The van der Waals surface area contributed by atoms with E-state index in [-0.39, 0.29) is 0 Å². The van der Waals surface area contributed by atoms with E-state index in [0.29, 0.717) is 11.4 Å². The van der Waals surface area contributed by atoms with Crippen LogP contribution >= 0.6 is 0 Å². The van der Waals surface area contributed by atoms with Crippen LogP contribution in [0.3, 0.4) is 0 Å². The summed E-state index contributed by atoms with van der Waals surface area (Å²) in [7, 11) is -0.306. The van der Waals surface area contributed by atoms with E-state index in [1.165, 1.54) is 24.0 Å². The van der Waals surface area contributed by atoms with E-state index in [1.807, 2.05) is 30.3 Å². The quantitative estimate of drug-likeness (QED) is 0.920. The molecule has 20 heavy (non-hydrogen) atoms. The van der Waals surface area contributed by atoms with Crippen LogP contribution in [-0.4, -0.2) is 26.8 Å². The molecule has 0 aliphatic carbocycles. The Labute approximate surface area is 120 Å². The van der Waals surface area contributed by atoms with Gasteiger partial charge in [0.2, 0.25) is 10.0 Å². The molecule has 0 bridgehead atoms. The predicted octanol–water partition coefficient (Wildman–Crippen LogP) is 2.55. The van der Waals surface area contributed by atoms with Crippen molar-refractivity contribution in [1.82, 2.24) is 4.31 Å². The topological polar surface area (TPSA) is 49.4 Å². The van der Waals surface area contributed by atoms with Crippen LogP contribution in [0.4, 0.5) is 5.69 Å². The van der Waals surface area contributed by atoms with Crippen molar-refractivity contribution in [3.05, 3.63) is 60.2 Å². The van der Waals surface area contributed by atoms with Gasteiger partial charge in [-0.15, -0.1) is 0 Å². The van der Waals surface area contributed by atoms with Crippen molar-refractivity contribution in [1.29, 1.82) is 0 Å². The fourth-order valence-corrected chi connectivity index (χ4v) is 2.66. The van der Waals surface area contributed by atoms with Crippen LogP contribution in [0.15, 0.2) is 59.5 Å². The molecule has 0 amide bonds. The third kappa shape index (κ3) is 3.37. The van der Waals surface area contributed by atoms with Crippen molar-refractivity contribution in [2.45, 2.75) is 11.4 Å². The molecule has 0 atom stereocenters. The van der Waals surface area contributed by atoms with Gasteiger partial charge in [-0.05, 0) is 29.8 Å². The van der Waals surface area contributed by atoms with E-state index < -0.39 is 10.0 Å². The number of benzene rings is 2. The lowest BCUT2D eigenvalue weighted by atomic mass is 10.2. The molecule has 0 saturated heterocycles. The van der Waals surface area contributed by atoms with Gasteiger partial charge in [-0.3, -0.25) is 0 Å². The molecule has 2 rings (SSSR count). The molecule has 0 fully saturated rings. The Morgan fingerprint density at radius 3 is 2.10 bits per heavy atom. The average molecular weight is 290 g/mol. The molecular formula is C15H18N2O2S. The molecular weight excluding hydrogens is 272 g/mol. The van der Waals surface area contributed by atoms with Crippen LogP contribution in [-0.2, 0) is 16.6 Å². The minimum atomic E-state index is -3.36. The molecule has 0 spiro atoms. The normalized spacial score (nSPS) is 11.6. The third-order valence-electron chi connectivity index (χ3n) is 2.97. The smallest absolute Gasteiger partial charge is 0.242 e. The van der Waals surface area contributed by atoms with Crippen LogP contribution in [0.5, 0.6) is 0 Å². The lowest BCUT2D eigenvalue weighted by Gasteiger charge is -2.12. The highest BCUT2D eigenvalue weighted by Gasteiger charge is 2.16. The number of sulfonamides is 1. The first-order chi connectivity index (χ1) is 9.50. The third-order valence-corrected chi connectivity index (χ3v) is 4.80. The second kappa shape index (κ2) is 6.07. The molecule has 0 heterocycles. The van der Waals surface area contributed by atoms with E-state index in [9.17, 15) is 8.42 Å². The van der Waals surface area contributed by atoms with Gasteiger partial charge in [-0.25, -0.2) is 12.7 Å². The van der Waals surface area contributed by atoms with Gasteiger partial charge in [0.05, 0.1) is 4.90 Å². The van der Waals surface area contributed by atoms with Crippen LogP contribution < -0.4 is 5.32 Å². The summed E-state index contributed by atoms with van der Waals surface area (Å²) < 4.78 is 25.1. The fraction of sp³-hybridized carbons (Fsp3) is 0.200. The highest BCUT2D eigenvalue weighted by atomic mass is 32.2. The summed E-state index contributed by atoms with van der Waals surface area (Å²) in [6.45, 7) is 0.709. The maximum atomic E-state index is 11.9. The van der Waals surface area contributed by atoms with Crippen molar-refractivity contribution in [2.24, 2.45) is 0 Å². The fourth-order valence-electron chi connectivity index (χ4n) is 1.76. The van der Waals surface area contributed by atoms with Crippen molar-refractivity contribution >= 4 is 15.7 Å².